The summed E-state index contributed by atoms with van der Waals surface area (Å²) in [4.78, 5) is 12.7. The van der Waals surface area contributed by atoms with E-state index in [0.717, 1.165) is 25.9 Å². The van der Waals surface area contributed by atoms with Crippen molar-refractivity contribution in [3.8, 4) is 17.2 Å². The summed E-state index contributed by atoms with van der Waals surface area (Å²) in [7, 11) is 6.27. The SMILES string of the molecule is COCC1(CNC(=O)c2ccc(OC)c(OC)c2OC)CCNCC1.Cl. The average molecular weight is 389 g/mol. The molecular weight excluding hydrogens is 360 g/mol. The van der Waals surface area contributed by atoms with Crippen molar-refractivity contribution >= 4 is 18.3 Å². The second-order valence-corrected chi connectivity index (χ2v) is 6.25. The molecule has 148 valence electrons. The third-order valence-electron chi connectivity index (χ3n) is 4.69. The third-order valence-corrected chi connectivity index (χ3v) is 4.69. The molecule has 0 spiro atoms. The van der Waals surface area contributed by atoms with Gasteiger partial charge in [-0.3, -0.25) is 4.79 Å². The number of carbonyl (C=O) groups is 1. The van der Waals surface area contributed by atoms with Crippen molar-refractivity contribution in [2.24, 2.45) is 5.41 Å². The van der Waals surface area contributed by atoms with Crippen molar-refractivity contribution in [2.75, 3.05) is 54.7 Å². The molecule has 1 aromatic rings. The van der Waals surface area contributed by atoms with E-state index < -0.39 is 0 Å². The molecule has 1 fully saturated rings. The van der Waals surface area contributed by atoms with Gasteiger partial charge >= 0.3 is 0 Å². The number of nitrogens with one attached hydrogen (secondary N) is 2. The van der Waals surface area contributed by atoms with Crippen LogP contribution in [0.4, 0.5) is 0 Å². The Bertz CT molecular complexity index is 586. The fourth-order valence-corrected chi connectivity index (χ4v) is 3.28. The minimum atomic E-state index is -0.202. The normalized spacial score (nSPS) is 15.5. The van der Waals surface area contributed by atoms with E-state index >= 15 is 0 Å². The van der Waals surface area contributed by atoms with Crippen LogP contribution in [0.3, 0.4) is 0 Å². The van der Waals surface area contributed by atoms with Crippen molar-refractivity contribution in [3.63, 3.8) is 0 Å². The van der Waals surface area contributed by atoms with Crippen molar-refractivity contribution in [1.82, 2.24) is 10.6 Å². The fourth-order valence-electron chi connectivity index (χ4n) is 3.28. The highest BCUT2D eigenvalue weighted by Gasteiger charge is 2.33. The molecule has 0 aromatic heterocycles. The maximum atomic E-state index is 12.7. The predicted octanol–water partition coefficient (Wildman–Crippen LogP) is 1.88. The standard InChI is InChI=1S/C18H28N2O5.ClH/c1-22-12-18(7-9-19-10-8-18)11-20-17(21)13-5-6-14(23-2)16(25-4)15(13)24-3;/h5-6,19H,7-12H2,1-4H3,(H,20,21);1H. The summed E-state index contributed by atoms with van der Waals surface area (Å²) in [5.41, 5.74) is 0.376. The van der Waals surface area contributed by atoms with Crippen molar-refractivity contribution in [3.05, 3.63) is 17.7 Å². The summed E-state index contributed by atoms with van der Waals surface area (Å²) < 4.78 is 21.4. The Kier molecular flexibility index (Phi) is 8.98. The molecule has 1 aliphatic heterocycles. The van der Waals surface area contributed by atoms with Crippen LogP contribution < -0.4 is 24.8 Å². The molecule has 8 heteroatoms. The van der Waals surface area contributed by atoms with Gasteiger partial charge in [-0.25, -0.2) is 0 Å². The van der Waals surface area contributed by atoms with Crippen LogP contribution in [-0.2, 0) is 4.74 Å². The smallest absolute Gasteiger partial charge is 0.255 e. The first kappa shape index (κ1) is 22.3. The van der Waals surface area contributed by atoms with E-state index in [1.807, 2.05) is 0 Å². The topological polar surface area (TPSA) is 78.1 Å². The van der Waals surface area contributed by atoms with E-state index in [1.165, 1.54) is 14.2 Å². The first-order chi connectivity index (χ1) is 12.1. The number of benzene rings is 1. The molecule has 0 atom stereocenters. The fraction of sp³-hybridized carbons (Fsp3) is 0.611. The van der Waals surface area contributed by atoms with Crippen LogP contribution in [0.2, 0.25) is 0 Å². The molecule has 0 unspecified atom stereocenters. The van der Waals surface area contributed by atoms with E-state index in [0.29, 0.717) is 36.0 Å². The first-order valence-corrected chi connectivity index (χ1v) is 8.37. The number of amides is 1. The molecule has 0 saturated carbocycles. The lowest BCUT2D eigenvalue weighted by atomic mass is 9.79. The second-order valence-electron chi connectivity index (χ2n) is 6.25. The summed E-state index contributed by atoms with van der Waals surface area (Å²) in [6, 6.07) is 3.38. The molecule has 0 radical (unpaired) electrons. The Morgan fingerprint density at radius 1 is 1.08 bits per heavy atom. The molecule has 26 heavy (non-hydrogen) atoms. The molecule has 1 heterocycles. The molecule has 1 saturated heterocycles. The molecule has 1 aliphatic rings. The van der Waals surface area contributed by atoms with Gasteiger partial charge in [0.25, 0.3) is 5.91 Å². The lowest BCUT2D eigenvalue weighted by Gasteiger charge is -2.37. The summed E-state index contributed by atoms with van der Waals surface area (Å²) in [6.07, 6.45) is 1.92. The number of hydrogen-bond donors (Lipinski definition) is 2. The zero-order valence-electron chi connectivity index (χ0n) is 15.8. The van der Waals surface area contributed by atoms with Gasteiger partial charge in [0, 0.05) is 19.1 Å². The highest BCUT2D eigenvalue weighted by Crippen LogP contribution is 2.39. The third kappa shape index (κ3) is 4.93. The maximum absolute atomic E-state index is 12.7. The quantitative estimate of drug-likeness (QED) is 0.708. The van der Waals surface area contributed by atoms with E-state index in [1.54, 1.807) is 26.4 Å². The van der Waals surface area contributed by atoms with Crippen molar-refractivity contribution in [2.45, 2.75) is 12.8 Å². The van der Waals surface area contributed by atoms with E-state index in [9.17, 15) is 4.79 Å². The summed E-state index contributed by atoms with van der Waals surface area (Å²) in [5.74, 6) is 1.09. The summed E-state index contributed by atoms with van der Waals surface area (Å²) in [5, 5.41) is 6.38. The number of rotatable bonds is 8. The number of hydrogen-bond acceptors (Lipinski definition) is 6. The number of methoxy groups -OCH3 is 4. The minimum absolute atomic E-state index is 0. The molecule has 1 aromatic carbocycles. The van der Waals surface area contributed by atoms with Crippen LogP contribution in [0.15, 0.2) is 12.1 Å². The lowest BCUT2D eigenvalue weighted by molar-refractivity contribution is 0.0511. The second kappa shape index (κ2) is 10.4. The monoisotopic (exact) mass is 388 g/mol. The molecular formula is C18H29ClN2O5. The van der Waals surface area contributed by atoms with Gasteiger partial charge < -0.3 is 29.6 Å². The van der Waals surface area contributed by atoms with Crippen LogP contribution in [0.25, 0.3) is 0 Å². The molecule has 1 amide bonds. The van der Waals surface area contributed by atoms with E-state index in [2.05, 4.69) is 10.6 Å². The Labute approximate surface area is 161 Å². The molecule has 2 N–H and O–H groups in total. The van der Waals surface area contributed by atoms with Crippen LogP contribution in [0, 0.1) is 5.41 Å². The van der Waals surface area contributed by atoms with Crippen LogP contribution >= 0.6 is 12.4 Å². The minimum Gasteiger partial charge on any atom is -0.493 e. The molecule has 0 aliphatic carbocycles. The van der Waals surface area contributed by atoms with Crippen molar-refractivity contribution < 1.29 is 23.7 Å². The maximum Gasteiger partial charge on any atom is 0.255 e. The van der Waals surface area contributed by atoms with Gasteiger partial charge in [-0.1, -0.05) is 0 Å². The average Bonchev–Trinajstić information content (AvgIpc) is 2.65. The van der Waals surface area contributed by atoms with Crippen molar-refractivity contribution in [1.29, 1.82) is 0 Å². The van der Waals surface area contributed by atoms with Gasteiger partial charge in [0.2, 0.25) is 5.75 Å². The van der Waals surface area contributed by atoms with Gasteiger partial charge in [0.1, 0.15) is 0 Å². The zero-order valence-corrected chi connectivity index (χ0v) is 16.7. The Balaban J connectivity index is 0.00000338. The zero-order chi connectivity index (χ0) is 18.3. The number of piperidine rings is 1. The van der Waals surface area contributed by atoms with Crippen LogP contribution in [0.5, 0.6) is 17.2 Å². The number of halogens is 1. The lowest BCUT2D eigenvalue weighted by Crippen LogP contribution is -2.47. The van der Waals surface area contributed by atoms with Gasteiger partial charge in [0.15, 0.2) is 11.5 Å². The largest absolute Gasteiger partial charge is 0.493 e. The van der Waals surface area contributed by atoms with E-state index in [4.69, 9.17) is 18.9 Å². The van der Waals surface area contributed by atoms with Crippen LogP contribution in [0.1, 0.15) is 23.2 Å². The number of carbonyl (C=O) groups excluding carboxylic acids is 1. The van der Waals surface area contributed by atoms with Gasteiger partial charge in [-0.2, -0.15) is 0 Å². The summed E-state index contributed by atoms with van der Waals surface area (Å²) >= 11 is 0. The molecule has 7 nitrogen and oxygen atoms in total. The van der Waals surface area contributed by atoms with E-state index in [-0.39, 0.29) is 23.7 Å². The van der Waals surface area contributed by atoms with Gasteiger partial charge in [0.05, 0.1) is 33.5 Å². The highest BCUT2D eigenvalue weighted by molar-refractivity contribution is 5.98. The summed E-state index contributed by atoms with van der Waals surface area (Å²) in [6.45, 7) is 3.04. The molecule has 2 rings (SSSR count). The number of ether oxygens (including phenoxy) is 4. The first-order valence-electron chi connectivity index (χ1n) is 8.37. The highest BCUT2D eigenvalue weighted by atomic mass is 35.5. The predicted molar refractivity (Wildman–Crippen MR) is 102 cm³/mol. The van der Waals surface area contributed by atoms with Gasteiger partial charge in [-0.05, 0) is 38.1 Å². The van der Waals surface area contributed by atoms with Gasteiger partial charge in [-0.15, -0.1) is 12.4 Å². The Morgan fingerprint density at radius 3 is 2.27 bits per heavy atom. The molecule has 0 bridgehead atoms. The Hall–Kier alpha value is -1.70. The van der Waals surface area contributed by atoms with Crippen LogP contribution in [-0.4, -0.2) is 60.6 Å². The Morgan fingerprint density at radius 2 is 1.73 bits per heavy atom.